The number of amides is 1. The number of benzene rings is 2. The summed E-state index contributed by atoms with van der Waals surface area (Å²) in [5.74, 6) is 0.172. The van der Waals surface area contributed by atoms with Crippen molar-refractivity contribution in [3.63, 3.8) is 0 Å². The van der Waals surface area contributed by atoms with Gasteiger partial charge >= 0.3 is 5.97 Å². The molecule has 0 radical (unpaired) electrons. The third kappa shape index (κ3) is 4.71. The van der Waals surface area contributed by atoms with Crippen molar-refractivity contribution in [2.75, 3.05) is 13.7 Å². The van der Waals surface area contributed by atoms with Crippen molar-refractivity contribution >= 4 is 34.5 Å². The number of esters is 1. The lowest BCUT2D eigenvalue weighted by molar-refractivity contribution is -0.139. The van der Waals surface area contributed by atoms with E-state index in [9.17, 15) is 9.59 Å². The number of hydrogen-bond donors (Lipinski definition) is 1. The molecule has 1 aliphatic carbocycles. The average molecular weight is 490 g/mol. The Morgan fingerprint density at radius 2 is 1.86 bits per heavy atom. The van der Waals surface area contributed by atoms with Crippen molar-refractivity contribution in [3.05, 3.63) is 82.4 Å². The van der Waals surface area contributed by atoms with Crippen LogP contribution in [-0.4, -0.2) is 41.7 Å². The van der Waals surface area contributed by atoms with Gasteiger partial charge in [0.05, 0.1) is 37.4 Å². The number of hydrogen-bond acceptors (Lipinski definition) is 7. The van der Waals surface area contributed by atoms with Crippen LogP contribution in [0.15, 0.2) is 76.3 Å². The summed E-state index contributed by atoms with van der Waals surface area (Å²) < 4.78 is 11.3. The van der Waals surface area contributed by atoms with E-state index < -0.39 is 12.0 Å². The van der Waals surface area contributed by atoms with Crippen molar-refractivity contribution in [1.29, 1.82) is 0 Å². The van der Waals surface area contributed by atoms with Crippen molar-refractivity contribution in [1.82, 2.24) is 10.2 Å². The van der Waals surface area contributed by atoms with Crippen LogP contribution in [0.25, 0.3) is 5.70 Å². The summed E-state index contributed by atoms with van der Waals surface area (Å²) in [7, 11) is 1.61. The maximum Gasteiger partial charge on any atom is 0.338 e. The number of nitrogens with one attached hydrogen (secondary N) is 1. The van der Waals surface area contributed by atoms with Gasteiger partial charge in [-0.1, -0.05) is 60.3 Å². The van der Waals surface area contributed by atoms with E-state index in [0.717, 1.165) is 29.7 Å². The zero-order valence-electron chi connectivity index (χ0n) is 19.7. The molecule has 0 saturated heterocycles. The number of ether oxygens (including phenoxy) is 2. The molecule has 5 rings (SSSR count). The van der Waals surface area contributed by atoms with Crippen LogP contribution in [0.3, 0.4) is 0 Å². The van der Waals surface area contributed by atoms with Gasteiger partial charge in [0.2, 0.25) is 5.91 Å². The van der Waals surface area contributed by atoms with E-state index in [2.05, 4.69) is 5.32 Å². The first kappa shape index (κ1) is 23.2. The highest BCUT2D eigenvalue weighted by Crippen LogP contribution is 2.48. The smallest absolute Gasteiger partial charge is 0.338 e. The fourth-order valence-corrected chi connectivity index (χ4v) is 5.26. The number of rotatable bonds is 8. The topological polar surface area (TPSA) is 80.2 Å². The van der Waals surface area contributed by atoms with Gasteiger partial charge in [-0.05, 0) is 31.2 Å². The SMILES string of the molecule is CCOC(=O)C1=C(c2ccccc2)N=C2SC=C(CC(=O)NC3CC3)N2C1c1ccccc1OC. The fourth-order valence-electron chi connectivity index (χ4n) is 4.35. The normalized spacial score (nSPS) is 19.0. The lowest BCUT2D eigenvalue weighted by Gasteiger charge is -2.37. The van der Waals surface area contributed by atoms with E-state index in [-0.39, 0.29) is 25.0 Å². The molecule has 180 valence electrons. The first-order chi connectivity index (χ1) is 17.1. The largest absolute Gasteiger partial charge is 0.496 e. The molecule has 1 unspecified atom stereocenters. The summed E-state index contributed by atoms with van der Waals surface area (Å²) in [6.07, 6.45) is 2.25. The summed E-state index contributed by atoms with van der Waals surface area (Å²) in [4.78, 5) is 33.2. The molecule has 2 aromatic rings. The predicted octanol–water partition coefficient (Wildman–Crippen LogP) is 4.64. The maximum absolute atomic E-state index is 13.5. The quantitative estimate of drug-likeness (QED) is 0.544. The molecule has 1 fully saturated rings. The van der Waals surface area contributed by atoms with E-state index in [1.54, 1.807) is 14.0 Å². The number of aliphatic imine (C=N–C) groups is 1. The summed E-state index contributed by atoms with van der Waals surface area (Å²) in [5, 5.41) is 5.72. The molecule has 0 bridgehead atoms. The Balaban J connectivity index is 1.66. The molecule has 1 atom stereocenters. The Bertz CT molecular complexity index is 1230. The number of para-hydroxylation sites is 1. The molecule has 7 nitrogen and oxygen atoms in total. The number of carbonyl (C=O) groups excluding carboxylic acids is 2. The molecule has 3 aliphatic rings. The molecule has 0 aromatic heterocycles. The second-order valence-corrected chi connectivity index (χ2v) is 9.34. The molecule has 1 amide bonds. The van der Waals surface area contributed by atoms with Gasteiger partial charge in [-0.15, -0.1) is 0 Å². The lowest BCUT2D eigenvalue weighted by Crippen LogP contribution is -2.38. The van der Waals surface area contributed by atoms with E-state index >= 15 is 0 Å². The van der Waals surface area contributed by atoms with Gasteiger partial charge in [0.1, 0.15) is 5.75 Å². The van der Waals surface area contributed by atoms with E-state index in [4.69, 9.17) is 14.5 Å². The first-order valence-electron chi connectivity index (χ1n) is 11.7. The van der Waals surface area contributed by atoms with Crippen molar-refractivity contribution in [3.8, 4) is 5.75 Å². The maximum atomic E-state index is 13.5. The summed E-state index contributed by atoms with van der Waals surface area (Å²) in [6.45, 7) is 2.02. The van der Waals surface area contributed by atoms with E-state index in [1.807, 2.05) is 64.9 Å². The standard InChI is InChI=1S/C27H27N3O4S/c1-3-34-26(32)23-24(17-9-5-4-6-10-17)29-27-30(25(23)20-11-7-8-12-21(20)33-2)19(16-35-27)15-22(31)28-18-13-14-18/h4-12,16,18,25H,3,13-15H2,1-2H3,(H,28,31). The summed E-state index contributed by atoms with van der Waals surface area (Å²) in [5.41, 5.74) is 3.40. The highest BCUT2D eigenvalue weighted by molar-refractivity contribution is 8.16. The van der Waals surface area contributed by atoms with Gasteiger partial charge < -0.3 is 19.7 Å². The Morgan fingerprint density at radius 1 is 1.11 bits per heavy atom. The molecule has 1 saturated carbocycles. The fraction of sp³-hybridized carbons (Fsp3) is 0.296. The highest BCUT2D eigenvalue weighted by atomic mass is 32.2. The van der Waals surface area contributed by atoms with Crippen LogP contribution in [0.4, 0.5) is 0 Å². The minimum absolute atomic E-state index is 0.0325. The molecule has 1 N–H and O–H groups in total. The lowest BCUT2D eigenvalue weighted by atomic mass is 9.91. The third-order valence-electron chi connectivity index (χ3n) is 6.07. The first-order valence-corrected chi connectivity index (χ1v) is 12.6. The Morgan fingerprint density at radius 3 is 2.57 bits per heavy atom. The molecule has 0 spiro atoms. The number of carbonyl (C=O) groups is 2. The number of methoxy groups -OCH3 is 1. The van der Waals surface area contributed by atoms with Crippen molar-refractivity contribution in [2.45, 2.75) is 38.3 Å². The average Bonchev–Trinajstić information content (AvgIpc) is 3.61. The third-order valence-corrected chi connectivity index (χ3v) is 6.96. The van der Waals surface area contributed by atoms with Gasteiger partial charge in [-0.25, -0.2) is 9.79 Å². The second-order valence-electron chi connectivity index (χ2n) is 8.50. The number of nitrogens with zero attached hydrogens (tertiary/aromatic N) is 2. The van der Waals surface area contributed by atoms with E-state index in [0.29, 0.717) is 22.2 Å². The zero-order chi connectivity index (χ0) is 24.4. The minimum Gasteiger partial charge on any atom is -0.496 e. The molecule has 8 heteroatoms. The Kier molecular flexibility index (Phi) is 6.63. The van der Waals surface area contributed by atoms with Crippen LogP contribution in [0.1, 0.15) is 43.4 Å². The molecular weight excluding hydrogens is 462 g/mol. The Hall–Kier alpha value is -3.52. The molecular formula is C27H27N3O4S. The van der Waals surface area contributed by atoms with Crippen LogP contribution in [0.5, 0.6) is 5.75 Å². The van der Waals surface area contributed by atoms with Crippen LogP contribution < -0.4 is 10.1 Å². The van der Waals surface area contributed by atoms with Gasteiger partial charge in [0.25, 0.3) is 0 Å². The number of thioether (sulfide) groups is 1. The van der Waals surface area contributed by atoms with Crippen LogP contribution in [-0.2, 0) is 14.3 Å². The monoisotopic (exact) mass is 489 g/mol. The van der Waals surface area contributed by atoms with Gasteiger partial charge in [0.15, 0.2) is 5.17 Å². The summed E-state index contributed by atoms with van der Waals surface area (Å²) in [6, 6.07) is 17.0. The number of fused-ring (bicyclic) bond motifs is 1. The van der Waals surface area contributed by atoms with E-state index in [1.165, 1.54) is 11.8 Å². The minimum atomic E-state index is -0.567. The highest BCUT2D eigenvalue weighted by Gasteiger charge is 2.43. The zero-order valence-corrected chi connectivity index (χ0v) is 20.5. The van der Waals surface area contributed by atoms with Crippen LogP contribution >= 0.6 is 11.8 Å². The van der Waals surface area contributed by atoms with Gasteiger partial charge in [-0.3, -0.25) is 4.79 Å². The summed E-state index contributed by atoms with van der Waals surface area (Å²) >= 11 is 1.46. The number of amidine groups is 1. The van der Waals surface area contributed by atoms with Crippen molar-refractivity contribution < 1.29 is 19.1 Å². The molecule has 35 heavy (non-hydrogen) atoms. The second kappa shape index (κ2) is 10.00. The van der Waals surface area contributed by atoms with Gasteiger partial charge in [-0.2, -0.15) is 0 Å². The van der Waals surface area contributed by atoms with Crippen LogP contribution in [0, 0.1) is 0 Å². The predicted molar refractivity (Wildman–Crippen MR) is 136 cm³/mol. The molecule has 2 aliphatic heterocycles. The molecule has 2 heterocycles. The van der Waals surface area contributed by atoms with Crippen molar-refractivity contribution in [2.24, 2.45) is 4.99 Å². The molecule has 2 aromatic carbocycles. The van der Waals surface area contributed by atoms with Crippen LogP contribution in [0.2, 0.25) is 0 Å². The Labute approximate surface area is 208 Å². The van der Waals surface area contributed by atoms with Gasteiger partial charge in [0, 0.05) is 22.9 Å².